The number of nitrogens with zero attached hydrogens (tertiary/aromatic N) is 1. The predicted molar refractivity (Wildman–Crippen MR) is 52.1 cm³/mol. The standard InChI is InChI=1S/C11H12N2O/c14-11-3-1-2-10-9-4-8(5-12-6-9)7-13(10)11/h2,8-9,12H,4-7H2. The Kier molecular flexibility index (Phi) is 1.65. The average molecular weight is 188 g/mol. The predicted octanol–water partition coefficient (Wildman–Crippen LogP) is 0.155. The monoisotopic (exact) mass is 188 g/mol. The second-order valence-corrected chi connectivity index (χ2v) is 4.21. The molecule has 3 rings (SSSR count). The lowest BCUT2D eigenvalue weighted by Crippen LogP contribution is -2.44. The Bertz CT molecular complexity index is 410. The molecule has 3 nitrogen and oxygen atoms in total. The van der Waals surface area contributed by atoms with Gasteiger partial charge in [-0.1, -0.05) is 6.07 Å². The van der Waals surface area contributed by atoms with Gasteiger partial charge in [0.1, 0.15) is 0 Å². The number of fused-ring (bicyclic) bond motifs is 4. The molecule has 1 fully saturated rings. The van der Waals surface area contributed by atoms with Crippen LogP contribution in [0.4, 0.5) is 0 Å². The molecular formula is C11H12N2O. The van der Waals surface area contributed by atoms with Gasteiger partial charge in [0.15, 0.2) is 0 Å². The van der Waals surface area contributed by atoms with Gasteiger partial charge < -0.3 is 9.88 Å². The Balaban J connectivity index is 2.15. The van der Waals surface area contributed by atoms with E-state index in [2.05, 4.69) is 17.4 Å². The lowest BCUT2D eigenvalue weighted by atomic mass is 9.84. The highest BCUT2D eigenvalue weighted by atomic mass is 16.1. The molecule has 1 aromatic heterocycles. The zero-order chi connectivity index (χ0) is 9.54. The van der Waals surface area contributed by atoms with E-state index < -0.39 is 0 Å². The highest BCUT2D eigenvalue weighted by Crippen LogP contribution is 2.30. The molecule has 0 spiro atoms. The van der Waals surface area contributed by atoms with Crippen molar-refractivity contribution in [3.8, 4) is 0 Å². The minimum atomic E-state index is -0.0147. The van der Waals surface area contributed by atoms with Crippen LogP contribution in [-0.2, 0) is 6.54 Å². The normalized spacial score (nSPS) is 29.1. The fraction of sp³-hybridized carbons (Fsp3) is 0.545. The first-order valence-corrected chi connectivity index (χ1v) is 5.08. The van der Waals surface area contributed by atoms with Crippen LogP contribution < -0.4 is 10.9 Å². The summed E-state index contributed by atoms with van der Waals surface area (Å²) in [6.07, 6.45) is 1.21. The molecule has 2 atom stereocenters. The molecule has 2 bridgehead atoms. The molecule has 14 heavy (non-hydrogen) atoms. The number of nitrogens with one attached hydrogen (secondary N) is 1. The fourth-order valence-corrected chi connectivity index (χ4v) is 2.61. The minimum absolute atomic E-state index is 0.0147. The molecule has 1 aromatic rings. The molecule has 1 N–H and O–H groups in total. The molecule has 3 heterocycles. The summed E-state index contributed by atoms with van der Waals surface area (Å²) < 4.78 is 1.87. The molecule has 0 aromatic carbocycles. The van der Waals surface area contributed by atoms with Gasteiger partial charge in [0.2, 0.25) is 0 Å². The van der Waals surface area contributed by atoms with E-state index in [0.29, 0.717) is 11.8 Å². The van der Waals surface area contributed by atoms with Gasteiger partial charge in [-0.05, 0) is 18.9 Å². The Morgan fingerprint density at radius 1 is 1.50 bits per heavy atom. The maximum Gasteiger partial charge on any atom is 0.303 e. The highest BCUT2D eigenvalue weighted by Gasteiger charge is 2.30. The Hall–Kier alpha value is -1.27. The first kappa shape index (κ1) is 8.07. The molecule has 72 valence electrons. The summed E-state index contributed by atoms with van der Waals surface area (Å²) in [7, 11) is 0. The van der Waals surface area contributed by atoms with E-state index in [9.17, 15) is 4.79 Å². The van der Waals surface area contributed by atoms with E-state index in [1.165, 1.54) is 6.42 Å². The van der Waals surface area contributed by atoms with E-state index in [1.807, 2.05) is 10.6 Å². The molecule has 1 saturated heterocycles. The second-order valence-electron chi connectivity index (χ2n) is 4.21. The van der Waals surface area contributed by atoms with Crippen molar-refractivity contribution >= 4 is 0 Å². The molecular weight excluding hydrogens is 176 g/mol. The Morgan fingerprint density at radius 3 is 3.36 bits per heavy atom. The van der Waals surface area contributed by atoms with Crippen molar-refractivity contribution in [2.75, 3.05) is 13.1 Å². The van der Waals surface area contributed by atoms with E-state index in [1.54, 1.807) is 0 Å². The van der Waals surface area contributed by atoms with E-state index in [4.69, 9.17) is 0 Å². The van der Waals surface area contributed by atoms with Crippen LogP contribution in [-0.4, -0.2) is 17.7 Å². The van der Waals surface area contributed by atoms with Crippen molar-refractivity contribution in [1.29, 1.82) is 0 Å². The van der Waals surface area contributed by atoms with E-state index >= 15 is 0 Å². The van der Waals surface area contributed by atoms with Gasteiger partial charge in [0.25, 0.3) is 0 Å². The molecule has 3 heteroatoms. The summed E-state index contributed by atoms with van der Waals surface area (Å²) in [5.41, 5.74) is 1.12. The van der Waals surface area contributed by atoms with Gasteiger partial charge in [-0.2, -0.15) is 0 Å². The third-order valence-electron chi connectivity index (χ3n) is 3.26. The van der Waals surface area contributed by atoms with Gasteiger partial charge in [0.05, 0.1) is 0 Å². The van der Waals surface area contributed by atoms with Crippen LogP contribution in [0.5, 0.6) is 0 Å². The molecule has 0 radical (unpaired) electrons. The van der Waals surface area contributed by atoms with Crippen LogP contribution >= 0.6 is 0 Å². The zero-order valence-electron chi connectivity index (χ0n) is 7.92. The Morgan fingerprint density at radius 2 is 2.43 bits per heavy atom. The SMILES string of the molecule is O=c1c#ccc2n1CC1CNCC2C1. The van der Waals surface area contributed by atoms with Gasteiger partial charge in [-0.25, -0.2) is 0 Å². The summed E-state index contributed by atoms with van der Waals surface area (Å²) in [5.74, 6) is 1.12. The summed E-state index contributed by atoms with van der Waals surface area (Å²) in [4.78, 5) is 11.6. The first-order chi connectivity index (χ1) is 6.84. The quantitative estimate of drug-likeness (QED) is 0.629. The van der Waals surface area contributed by atoms with Crippen LogP contribution in [0.25, 0.3) is 0 Å². The van der Waals surface area contributed by atoms with Crippen molar-refractivity contribution in [2.45, 2.75) is 18.9 Å². The largest absolute Gasteiger partial charge is 0.316 e. The second kappa shape index (κ2) is 2.86. The number of piperidine rings is 1. The van der Waals surface area contributed by atoms with Crippen molar-refractivity contribution in [3.63, 3.8) is 0 Å². The smallest absolute Gasteiger partial charge is 0.303 e. The maximum atomic E-state index is 11.6. The average Bonchev–Trinajstić information content (AvgIpc) is 2.20. The topological polar surface area (TPSA) is 34.0 Å². The lowest BCUT2D eigenvalue weighted by molar-refractivity contribution is 0.257. The third-order valence-corrected chi connectivity index (χ3v) is 3.26. The lowest BCUT2D eigenvalue weighted by Gasteiger charge is -2.36. The van der Waals surface area contributed by atoms with Gasteiger partial charge in [0, 0.05) is 36.8 Å². The van der Waals surface area contributed by atoms with Crippen molar-refractivity contribution in [1.82, 2.24) is 9.88 Å². The van der Waals surface area contributed by atoms with Gasteiger partial charge in [-0.15, -0.1) is 0 Å². The van der Waals surface area contributed by atoms with Crippen LogP contribution in [0.2, 0.25) is 0 Å². The highest BCUT2D eigenvalue weighted by molar-refractivity contribution is 5.13. The molecule has 2 unspecified atom stereocenters. The number of hydrogen-bond acceptors (Lipinski definition) is 2. The first-order valence-electron chi connectivity index (χ1n) is 5.08. The van der Waals surface area contributed by atoms with Crippen LogP contribution in [0.3, 0.4) is 0 Å². The number of aromatic nitrogens is 1. The summed E-state index contributed by atoms with van der Waals surface area (Å²) in [6.45, 7) is 2.89. The van der Waals surface area contributed by atoms with Crippen molar-refractivity contribution < 1.29 is 0 Å². The fourth-order valence-electron chi connectivity index (χ4n) is 2.61. The summed E-state index contributed by atoms with van der Waals surface area (Å²) >= 11 is 0. The Labute approximate surface area is 82.8 Å². The van der Waals surface area contributed by atoms with Crippen LogP contribution in [0, 0.1) is 18.1 Å². The maximum absolute atomic E-state index is 11.6. The van der Waals surface area contributed by atoms with E-state index in [0.717, 1.165) is 25.3 Å². The number of rotatable bonds is 0. The van der Waals surface area contributed by atoms with Crippen LogP contribution in [0.15, 0.2) is 10.9 Å². The van der Waals surface area contributed by atoms with Crippen molar-refractivity contribution in [3.05, 3.63) is 34.2 Å². The van der Waals surface area contributed by atoms with E-state index in [-0.39, 0.29) is 5.56 Å². The van der Waals surface area contributed by atoms with Gasteiger partial charge >= 0.3 is 5.56 Å². The van der Waals surface area contributed by atoms with Crippen molar-refractivity contribution in [2.24, 2.45) is 5.92 Å². The minimum Gasteiger partial charge on any atom is -0.316 e. The molecule has 0 saturated carbocycles. The summed E-state index contributed by atoms with van der Waals surface area (Å²) in [5, 5.41) is 3.41. The number of hydrogen-bond donors (Lipinski definition) is 1. The molecule has 0 aliphatic carbocycles. The molecule has 0 amide bonds. The van der Waals surface area contributed by atoms with Gasteiger partial charge in [-0.3, -0.25) is 4.79 Å². The third kappa shape index (κ3) is 1.08. The molecule has 2 aliphatic rings. The zero-order valence-corrected chi connectivity index (χ0v) is 7.92. The summed E-state index contributed by atoms with van der Waals surface area (Å²) in [6, 6.07) is 7.33. The molecule has 2 aliphatic heterocycles. The van der Waals surface area contributed by atoms with Crippen LogP contribution in [0.1, 0.15) is 18.0 Å².